The molecule has 10 nitrogen and oxygen atoms in total. The molecule has 3 N–H and O–H groups in total. The van der Waals surface area contributed by atoms with Gasteiger partial charge in [0.2, 0.25) is 10.0 Å². The SMILES string of the molecule is Cc1ccc(-n2nc(C(C)(C)C)cc2NC(=O)Nc2cccc(CC3CC4CCC(C3)N4S(=O)(=O)C3=CC4=CNSN4C=C3)c2)cc1. The largest absolute Gasteiger partial charge is 0.324 e. The maximum absolute atomic E-state index is 13.8. The number of urea groups is 1. The van der Waals surface area contributed by atoms with Gasteiger partial charge in [0, 0.05) is 41.7 Å². The maximum atomic E-state index is 13.8. The van der Waals surface area contributed by atoms with E-state index in [-0.39, 0.29) is 23.5 Å². The Morgan fingerprint density at radius 2 is 1.79 bits per heavy atom. The van der Waals surface area contributed by atoms with Crippen molar-refractivity contribution in [3.63, 3.8) is 0 Å². The van der Waals surface area contributed by atoms with Crippen LogP contribution in [0.1, 0.15) is 63.3 Å². The number of sulfonamides is 1. The number of amides is 2. The van der Waals surface area contributed by atoms with Gasteiger partial charge in [0.05, 0.1) is 34.1 Å². The normalized spacial score (nSPS) is 22.4. The Kier molecular flexibility index (Phi) is 8.22. The summed E-state index contributed by atoms with van der Waals surface area (Å²) in [5.74, 6) is 0.962. The smallest absolute Gasteiger partial charge is 0.316 e. The Bertz CT molecular complexity index is 1880. The molecular formula is C35H41N7O3S2. The first-order valence-electron chi connectivity index (χ1n) is 16.1. The number of piperidine rings is 1. The van der Waals surface area contributed by atoms with Crippen LogP contribution < -0.4 is 15.4 Å². The van der Waals surface area contributed by atoms with Crippen molar-refractivity contribution in [3.05, 3.63) is 107 Å². The molecule has 3 aromatic rings. The van der Waals surface area contributed by atoms with Crippen LogP contribution in [0.25, 0.3) is 5.69 Å². The van der Waals surface area contributed by atoms with Gasteiger partial charge in [0.15, 0.2) is 0 Å². The van der Waals surface area contributed by atoms with Crippen molar-refractivity contribution >= 4 is 39.7 Å². The van der Waals surface area contributed by atoms with Crippen LogP contribution in [0.15, 0.2) is 89.8 Å². The minimum atomic E-state index is -3.59. The lowest BCUT2D eigenvalue weighted by atomic mass is 9.87. The molecule has 0 saturated carbocycles. The van der Waals surface area contributed by atoms with Gasteiger partial charge in [-0.15, -0.1) is 0 Å². The third-order valence-electron chi connectivity index (χ3n) is 9.32. The molecule has 0 radical (unpaired) electrons. The molecule has 4 aliphatic rings. The molecule has 2 unspecified atom stereocenters. The number of hydrogen-bond donors (Lipinski definition) is 3. The molecule has 2 amide bonds. The van der Waals surface area contributed by atoms with Crippen LogP contribution in [-0.2, 0) is 21.9 Å². The van der Waals surface area contributed by atoms with E-state index in [1.54, 1.807) is 27.3 Å². The summed E-state index contributed by atoms with van der Waals surface area (Å²) in [6, 6.07) is 17.6. The lowest BCUT2D eigenvalue weighted by Gasteiger charge is -2.38. The molecule has 7 rings (SSSR count). The second-order valence-corrected chi connectivity index (χ2v) is 16.6. The van der Waals surface area contributed by atoms with Gasteiger partial charge in [-0.1, -0.05) is 50.6 Å². The molecule has 4 aliphatic heterocycles. The number of allylic oxidation sites excluding steroid dienone is 2. The molecule has 2 saturated heterocycles. The maximum Gasteiger partial charge on any atom is 0.324 e. The van der Waals surface area contributed by atoms with Gasteiger partial charge in [-0.3, -0.25) is 9.62 Å². The van der Waals surface area contributed by atoms with Gasteiger partial charge in [-0.25, -0.2) is 17.9 Å². The molecule has 12 heteroatoms. The number of aryl methyl sites for hydroxylation is 1. The fraction of sp³-hybridized carbons (Fsp3) is 0.371. The Hall–Kier alpha value is -4.00. The van der Waals surface area contributed by atoms with E-state index in [0.29, 0.717) is 22.3 Å². The molecule has 5 heterocycles. The van der Waals surface area contributed by atoms with E-state index in [1.165, 1.54) is 12.1 Å². The zero-order valence-electron chi connectivity index (χ0n) is 27.1. The second kappa shape index (κ2) is 12.2. The molecule has 1 aromatic heterocycles. The summed E-state index contributed by atoms with van der Waals surface area (Å²) in [4.78, 5) is 13.6. The molecule has 0 spiro atoms. The summed E-state index contributed by atoms with van der Waals surface area (Å²) >= 11 is 1.42. The summed E-state index contributed by atoms with van der Waals surface area (Å²) in [6.45, 7) is 8.34. The number of aromatic nitrogens is 2. The number of carbonyl (C=O) groups excluding carboxylic acids is 1. The number of carbonyl (C=O) groups is 1. The first kappa shape index (κ1) is 31.6. The summed E-state index contributed by atoms with van der Waals surface area (Å²) in [5, 5.41) is 10.8. The fourth-order valence-corrected chi connectivity index (χ4v) is 9.55. The predicted octanol–water partition coefficient (Wildman–Crippen LogP) is 6.96. The van der Waals surface area contributed by atoms with E-state index in [9.17, 15) is 13.2 Å². The number of benzene rings is 2. The van der Waals surface area contributed by atoms with E-state index in [2.05, 4.69) is 42.2 Å². The zero-order chi connectivity index (χ0) is 32.9. The highest BCUT2D eigenvalue weighted by Gasteiger charge is 2.47. The number of nitrogens with zero attached hydrogens (tertiary/aromatic N) is 4. The van der Waals surface area contributed by atoms with Crippen LogP contribution in [0.3, 0.4) is 0 Å². The number of fused-ring (bicyclic) bond motifs is 3. The van der Waals surface area contributed by atoms with Crippen LogP contribution in [-0.4, -0.2) is 44.9 Å². The molecule has 246 valence electrons. The van der Waals surface area contributed by atoms with E-state index >= 15 is 0 Å². The molecule has 2 fully saturated rings. The fourth-order valence-electron chi connectivity index (χ4n) is 7.01. The van der Waals surface area contributed by atoms with Crippen LogP contribution >= 0.6 is 12.1 Å². The third kappa shape index (κ3) is 6.46. The van der Waals surface area contributed by atoms with Crippen molar-refractivity contribution in [2.75, 3.05) is 10.6 Å². The number of anilines is 2. The Morgan fingerprint density at radius 3 is 2.51 bits per heavy atom. The highest BCUT2D eigenvalue weighted by Crippen LogP contribution is 2.44. The highest BCUT2D eigenvalue weighted by molar-refractivity contribution is 7.95. The standard InChI is InChI=1S/C35H41N7O3S2/c1-23-8-10-27(11-9-23)41-33(21-32(39-41)35(2,3)4)38-34(43)37-26-7-5-6-24(17-26)16-25-18-28-12-13-29(19-25)42(28)47(44,45)31-14-15-40-30(20-31)22-36-46-40/h5-11,14-15,17,20-22,25,28-29,36H,12-13,16,18-19H2,1-4H3,(H2,37,38,43). The first-order chi connectivity index (χ1) is 22.4. The van der Waals surface area contributed by atoms with Crippen molar-refractivity contribution in [3.8, 4) is 5.69 Å². The summed E-state index contributed by atoms with van der Waals surface area (Å²) in [6.07, 6.45) is 11.4. The summed E-state index contributed by atoms with van der Waals surface area (Å²) in [5.41, 5.74) is 5.39. The minimum Gasteiger partial charge on any atom is -0.316 e. The Morgan fingerprint density at radius 1 is 1.04 bits per heavy atom. The lowest BCUT2D eigenvalue weighted by Crippen LogP contribution is -2.47. The average molecular weight is 672 g/mol. The second-order valence-electron chi connectivity index (χ2n) is 13.9. The average Bonchev–Trinajstić information content (AvgIpc) is 3.74. The first-order valence-corrected chi connectivity index (χ1v) is 18.4. The van der Waals surface area contributed by atoms with Crippen LogP contribution in [0.5, 0.6) is 0 Å². The lowest BCUT2D eigenvalue weighted by molar-refractivity contribution is 0.191. The van der Waals surface area contributed by atoms with Crippen LogP contribution in [0.4, 0.5) is 16.3 Å². The molecule has 2 aromatic carbocycles. The van der Waals surface area contributed by atoms with Gasteiger partial charge in [0.1, 0.15) is 5.82 Å². The van der Waals surface area contributed by atoms with E-state index in [1.807, 2.05) is 66.0 Å². The van der Waals surface area contributed by atoms with Crippen molar-refractivity contribution < 1.29 is 13.2 Å². The summed E-state index contributed by atoms with van der Waals surface area (Å²) < 4.78 is 36.1. The molecule has 2 atom stereocenters. The quantitative estimate of drug-likeness (QED) is 0.233. The molecule has 2 bridgehead atoms. The Labute approximate surface area is 281 Å². The van der Waals surface area contributed by atoms with E-state index in [0.717, 1.165) is 60.3 Å². The van der Waals surface area contributed by atoms with Gasteiger partial charge >= 0.3 is 6.03 Å². The van der Waals surface area contributed by atoms with Crippen LogP contribution in [0, 0.1) is 12.8 Å². The number of rotatable bonds is 7. The minimum absolute atomic E-state index is 0.00425. The molecule has 0 aliphatic carbocycles. The van der Waals surface area contributed by atoms with Gasteiger partial charge in [-0.2, -0.15) is 9.40 Å². The summed E-state index contributed by atoms with van der Waals surface area (Å²) in [7, 11) is -3.59. The van der Waals surface area contributed by atoms with E-state index in [4.69, 9.17) is 5.10 Å². The van der Waals surface area contributed by atoms with Crippen molar-refractivity contribution in [1.82, 2.24) is 23.1 Å². The Balaban J connectivity index is 1.01. The zero-order valence-corrected chi connectivity index (χ0v) is 28.7. The van der Waals surface area contributed by atoms with Crippen molar-refractivity contribution in [1.29, 1.82) is 0 Å². The van der Waals surface area contributed by atoms with Crippen molar-refractivity contribution in [2.45, 2.75) is 77.3 Å². The van der Waals surface area contributed by atoms with Crippen LogP contribution in [0.2, 0.25) is 0 Å². The molecular weight excluding hydrogens is 631 g/mol. The third-order valence-corrected chi connectivity index (χ3v) is 12.1. The van der Waals surface area contributed by atoms with Gasteiger partial charge in [0.25, 0.3) is 0 Å². The topological polar surface area (TPSA) is 112 Å². The number of nitrogens with one attached hydrogen (secondary N) is 3. The van der Waals surface area contributed by atoms with E-state index < -0.39 is 10.0 Å². The monoisotopic (exact) mass is 671 g/mol. The highest BCUT2D eigenvalue weighted by atomic mass is 32.2. The number of hydrogen-bond acceptors (Lipinski definition) is 7. The van der Waals surface area contributed by atoms with Gasteiger partial charge in [-0.05, 0) is 86.9 Å². The molecule has 47 heavy (non-hydrogen) atoms. The van der Waals surface area contributed by atoms with Crippen molar-refractivity contribution in [2.24, 2.45) is 5.92 Å². The van der Waals surface area contributed by atoms with Gasteiger partial charge < -0.3 is 10.0 Å². The predicted molar refractivity (Wildman–Crippen MR) is 188 cm³/mol.